The molecule has 25 heavy (non-hydrogen) atoms. The van der Waals surface area contributed by atoms with Crippen molar-refractivity contribution in [3.05, 3.63) is 60.2 Å². The first kappa shape index (κ1) is 22.7. The fourth-order valence-corrected chi connectivity index (χ4v) is 3.99. The van der Waals surface area contributed by atoms with Crippen LogP contribution < -0.4 is 17.0 Å². The van der Waals surface area contributed by atoms with Crippen molar-refractivity contribution >= 4 is 23.1 Å². The van der Waals surface area contributed by atoms with Crippen LogP contribution in [0.3, 0.4) is 0 Å². The number of rotatable bonds is 6. The fourth-order valence-electron chi connectivity index (χ4n) is 3.99. The third-order valence-electron chi connectivity index (χ3n) is 5.50. The topological polar surface area (TPSA) is 0 Å². The zero-order valence-electron chi connectivity index (χ0n) is 15.5. The van der Waals surface area contributed by atoms with Crippen LogP contribution in [0.25, 0.3) is 11.1 Å². The van der Waals surface area contributed by atoms with E-state index < -0.39 is 0 Å². The van der Waals surface area contributed by atoms with Gasteiger partial charge < -0.3 is 17.0 Å². The Labute approximate surface area is 180 Å². The van der Waals surface area contributed by atoms with Crippen LogP contribution in [0.4, 0.5) is 0 Å². The zero-order valence-corrected chi connectivity index (χ0v) is 18.5. The average molecular weight is 410 g/mol. The summed E-state index contributed by atoms with van der Waals surface area (Å²) in [4.78, 5) is 0. The van der Waals surface area contributed by atoms with E-state index in [2.05, 4.69) is 49.4 Å². The minimum absolute atomic E-state index is 0. The van der Waals surface area contributed by atoms with Gasteiger partial charge in [0.05, 0.1) is 0 Å². The normalized spacial score (nSPS) is 19.6. The van der Waals surface area contributed by atoms with Gasteiger partial charge in [0, 0.05) is 0 Å². The van der Waals surface area contributed by atoms with Gasteiger partial charge in [0.1, 0.15) is 0 Å². The SMILES string of the molecule is CCCCCC1CCC(c2ccc(-c3cc[c-]cc3)cc2)CC1.[Br-].[Mg+2]. The molecule has 0 saturated heterocycles. The molecule has 130 valence electrons. The molecule has 2 aromatic carbocycles. The largest absolute Gasteiger partial charge is 2.00 e. The van der Waals surface area contributed by atoms with Gasteiger partial charge in [-0.05, 0) is 48.6 Å². The van der Waals surface area contributed by atoms with Crippen LogP contribution in [0, 0.1) is 12.0 Å². The van der Waals surface area contributed by atoms with E-state index in [4.69, 9.17) is 0 Å². The summed E-state index contributed by atoms with van der Waals surface area (Å²) in [6, 6.07) is 20.6. The van der Waals surface area contributed by atoms with E-state index in [1.165, 1.54) is 62.5 Å². The molecular formula is C23H29BrMg. The summed E-state index contributed by atoms with van der Waals surface area (Å²) < 4.78 is 0. The Kier molecular flexibility index (Phi) is 11.0. The third-order valence-corrected chi connectivity index (χ3v) is 5.50. The Bertz CT molecular complexity index is 571. The van der Waals surface area contributed by atoms with Gasteiger partial charge >= 0.3 is 23.1 Å². The second kappa shape index (κ2) is 12.1. The van der Waals surface area contributed by atoms with E-state index in [9.17, 15) is 0 Å². The number of hydrogen-bond donors (Lipinski definition) is 0. The van der Waals surface area contributed by atoms with Crippen molar-refractivity contribution in [1.82, 2.24) is 0 Å². The van der Waals surface area contributed by atoms with E-state index in [0.29, 0.717) is 0 Å². The molecule has 1 aliphatic carbocycles. The summed E-state index contributed by atoms with van der Waals surface area (Å²) in [6.07, 6.45) is 11.3. The van der Waals surface area contributed by atoms with E-state index in [1.54, 1.807) is 5.56 Å². The van der Waals surface area contributed by atoms with Crippen molar-refractivity contribution in [2.24, 2.45) is 5.92 Å². The predicted octanol–water partition coefficient (Wildman–Crippen LogP) is 3.63. The molecule has 0 aliphatic heterocycles. The average Bonchev–Trinajstić information content (AvgIpc) is 2.63. The number of hydrogen-bond acceptors (Lipinski definition) is 0. The summed E-state index contributed by atoms with van der Waals surface area (Å²) in [5.41, 5.74) is 4.15. The van der Waals surface area contributed by atoms with Gasteiger partial charge in [-0.15, -0.1) is 5.56 Å². The molecule has 0 heterocycles. The molecule has 0 radical (unpaired) electrons. The molecule has 0 atom stereocenters. The standard InChI is InChI=1S/C23H29.BrH.Mg/c1-2-3-5-8-19-11-13-21(14-12-19)23-17-15-22(16-18-23)20-9-6-4-7-10-20;;/h6-7,9-10,15-19,21H,2-3,5,8,11-14H2,1H3;1H;/q-1;;+2/p-1. The molecule has 0 bridgehead atoms. The number of benzene rings is 2. The van der Waals surface area contributed by atoms with Crippen LogP contribution in [-0.4, -0.2) is 23.1 Å². The maximum Gasteiger partial charge on any atom is 2.00 e. The van der Waals surface area contributed by atoms with E-state index in [0.717, 1.165) is 11.8 Å². The molecule has 0 N–H and O–H groups in total. The van der Waals surface area contributed by atoms with Gasteiger partial charge in [-0.1, -0.05) is 56.9 Å². The molecule has 0 spiro atoms. The van der Waals surface area contributed by atoms with E-state index >= 15 is 0 Å². The quantitative estimate of drug-likeness (QED) is 0.388. The predicted molar refractivity (Wildman–Crippen MR) is 105 cm³/mol. The van der Waals surface area contributed by atoms with Crippen LogP contribution in [0.1, 0.15) is 69.8 Å². The van der Waals surface area contributed by atoms with Gasteiger partial charge in [-0.2, -0.15) is 30.3 Å². The Balaban J connectivity index is 0.00000156. The molecule has 0 aromatic heterocycles. The van der Waals surface area contributed by atoms with E-state index in [-0.39, 0.29) is 40.0 Å². The first-order chi connectivity index (χ1) is 11.4. The summed E-state index contributed by atoms with van der Waals surface area (Å²) in [7, 11) is 0. The smallest absolute Gasteiger partial charge is 1.00 e. The Morgan fingerprint density at radius 2 is 1.44 bits per heavy atom. The minimum Gasteiger partial charge on any atom is -1.00 e. The van der Waals surface area contributed by atoms with Gasteiger partial charge in [0.15, 0.2) is 0 Å². The monoisotopic (exact) mass is 408 g/mol. The molecule has 0 unspecified atom stereocenters. The summed E-state index contributed by atoms with van der Waals surface area (Å²) in [5.74, 6) is 1.79. The first-order valence-electron chi connectivity index (χ1n) is 9.43. The Hall–Kier alpha value is -0.314. The molecular weight excluding hydrogens is 380 g/mol. The zero-order chi connectivity index (χ0) is 15.9. The minimum atomic E-state index is 0. The molecule has 2 heteroatoms. The summed E-state index contributed by atoms with van der Waals surface area (Å²) in [5, 5.41) is 0. The van der Waals surface area contributed by atoms with Gasteiger partial charge in [-0.3, -0.25) is 0 Å². The Morgan fingerprint density at radius 1 is 0.840 bits per heavy atom. The summed E-state index contributed by atoms with van der Waals surface area (Å²) in [6.45, 7) is 2.30. The van der Waals surface area contributed by atoms with E-state index in [1.807, 2.05) is 12.1 Å². The second-order valence-corrected chi connectivity index (χ2v) is 7.12. The molecule has 0 amide bonds. The van der Waals surface area contributed by atoms with Crippen molar-refractivity contribution in [3.63, 3.8) is 0 Å². The molecule has 3 rings (SSSR count). The van der Waals surface area contributed by atoms with Crippen LogP contribution in [0.2, 0.25) is 0 Å². The molecule has 1 saturated carbocycles. The van der Waals surface area contributed by atoms with Crippen molar-refractivity contribution in [2.75, 3.05) is 0 Å². The van der Waals surface area contributed by atoms with Crippen LogP contribution in [0.5, 0.6) is 0 Å². The van der Waals surface area contributed by atoms with Crippen LogP contribution >= 0.6 is 0 Å². The van der Waals surface area contributed by atoms with Gasteiger partial charge in [0.2, 0.25) is 0 Å². The van der Waals surface area contributed by atoms with Crippen molar-refractivity contribution < 1.29 is 17.0 Å². The second-order valence-electron chi connectivity index (χ2n) is 7.12. The molecule has 1 aliphatic rings. The van der Waals surface area contributed by atoms with Gasteiger partial charge in [0.25, 0.3) is 0 Å². The maximum atomic E-state index is 3.09. The molecule has 2 aromatic rings. The van der Waals surface area contributed by atoms with Crippen molar-refractivity contribution in [2.45, 2.75) is 64.2 Å². The molecule has 0 nitrogen and oxygen atoms in total. The number of halogens is 1. The third kappa shape index (κ3) is 6.73. The van der Waals surface area contributed by atoms with Crippen molar-refractivity contribution in [1.29, 1.82) is 0 Å². The maximum absolute atomic E-state index is 3.09. The summed E-state index contributed by atoms with van der Waals surface area (Å²) >= 11 is 0. The first-order valence-corrected chi connectivity index (χ1v) is 9.43. The van der Waals surface area contributed by atoms with Crippen molar-refractivity contribution in [3.8, 4) is 11.1 Å². The molecule has 1 fully saturated rings. The number of unbranched alkanes of at least 4 members (excludes halogenated alkanes) is 2. The fraction of sp³-hybridized carbons (Fsp3) is 0.478. The Morgan fingerprint density at radius 3 is 2.04 bits per heavy atom. The van der Waals surface area contributed by atoms with Gasteiger partial charge in [-0.25, -0.2) is 0 Å². The van der Waals surface area contributed by atoms with Crippen LogP contribution in [-0.2, 0) is 0 Å². The van der Waals surface area contributed by atoms with Crippen LogP contribution in [0.15, 0.2) is 48.5 Å².